The Kier molecular flexibility index (Phi) is 5.62. The smallest absolute Gasteiger partial charge is 0.242 e. The van der Waals surface area contributed by atoms with Crippen molar-refractivity contribution in [2.24, 2.45) is 0 Å². The molecule has 3 heterocycles. The van der Waals surface area contributed by atoms with Crippen LogP contribution in [0.4, 0.5) is 0 Å². The Balaban J connectivity index is 1.60. The molecule has 2 aliphatic heterocycles. The quantitative estimate of drug-likeness (QED) is 0.764. The van der Waals surface area contributed by atoms with Gasteiger partial charge in [-0.05, 0) is 18.6 Å². The number of aromatic nitrogens is 2. The van der Waals surface area contributed by atoms with E-state index in [1.165, 1.54) is 0 Å². The predicted molar refractivity (Wildman–Crippen MR) is 106 cm³/mol. The van der Waals surface area contributed by atoms with Crippen molar-refractivity contribution in [1.29, 1.82) is 0 Å². The number of carbonyl (C=O) groups excluding carboxylic acids is 2. The summed E-state index contributed by atoms with van der Waals surface area (Å²) < 4.78 is 7.38. The summed E-state index contributed by atoms with van der Waals surface area (Å²) in [7, 11) is 0. The lowest BCUT2D eigenvalue weighted by Gasteiger charge is -2.27. The maximum atomic E-state index is 12.9. The highest BCUT2D eigenvalue weighted by Crippen LogP contribution is 2.30. The zero-order valence-corrected chi connectivity index (χ0v) is 16.5. The highest BCUT2D eigenvalue weighted by atomic mass is 16.5. The van der Waals surface area contributed by atoms with Crippen LogP contribution < -0.4 is 0 Å². The fourth-order valence-corrected chi connectivity index (χ4v) is 4.13. The first-order valence-electron chi connectivity index (χ1n) is 10.3. The molecule has 2 saturated heterocycles. The van der Waals surface area contributed by atoms with Gasteiger partial charge in [-0.2, -0.15) is 0 Å². The maximum Gasteiger partial charge on any atom is 0.242 e. The molecule has 1 atom stereocenters. The van der Waals surface area contributed by atoms with E-state index in [0.717, 1.165) is 36.2 Å². The van der Waals surface area contributed by atoms with E-state index in [0.29, 0.717) is 39.3 Å². The molecule has 28 heavy (non-hydrogen) atoms. The number of hydrogen-bond donors (Lipinski definition) is 0. The van der Waals surface area contributed by atoms with Crippen molar-refractivity contribution in [3.05, 3.63) is 30.1 Å². The van der Waals surface area contributed by atoms with Crippen LogP contribution in [0.5, 0.6) is 0 Å². The first kappa shape index (κ1) is 18.9. The highest BCUT2D eigenvalue weighted by Gasteiger charge is 2.34. The standard InChI is InChI=1S/C21H28N4O3/c1-2-3-8-24-14-16(13-19(24)26)21-22-17-6-4-5-7-18(17)25(21)15-20(27)23-9-11-28-12-10-23/h4-7,16H,2-3,8-15H2,1H3. The molecule has 2 aliphatic rings. The van der Waals surface area contributed by atoms with Crippen molar-refractivity contribution in [3.63, 3.8) is 0 Å². The number of carbonyl (C=O) groups is 2. The molecule has 1 aromatic carbocycles. The van der Waals surface area contributed by atoms with Gasteiger partial charge in [0.25, 0.3) is 0 Å². The van der Waals surface area contributed by atoms with E-state index in [9.17, 15) is 9.59 Å². The van der Waals surface area contributed by atoms with Crippen molar-refractivity contribution in [2.45, 2.75) is 38.6 Å². The second-order valence-corrected chi connectivity index (χ2v) is 7.63. The van der Waals surface area contributed by atoms with E-state index in [4.69, 9.17) is 9.72 Å². The van der Waals surface area contributed by atoms with Crippen LogP contribution in [-0.4, -0.2) is 70.6 Å². The zero-order valence-electron chi connectivity index (χ0n) is 16.5. The summed E-state index contributed by atoms with van der Waals surface area (Å²) in [5.74, 6) is 1.17. The van der Waals surface area contributed by atoms with Gasteiger partial charge < -0.3 is 19.1 Å². The molecule has 7 heteroatoms. The molecule has 1 aromatic heterocycles. The lowest BCUT2D eigenvalue weighted by atomic mass is 10.1. The Morgan fingerprint density at radius 1 is 1.25 bits per heavy atom. The van der Waals surface area contributed by atoms with E-state index in [1.807, 2.05) is 38.6 Å². The van der Waals surface area contributed by atoms with Gasteiger partial charge in [0.2, 0.25) is 11.8 Å². The molecule has 0 aliphatic carbocycles. The van der Waals surface area contributed by atoms with Gasteiger partial charge in [0.1, 0.15) is 12.4 Å². The van der Waals surface area contributed by atoms with Crippen molar-refractivity contribution < 1.29 is 14.3 Å². The van der Waals surface area contributed by atoms with Crippen molar-refractivity contribution in [1.82, 2.24) is 19.4 Å². The molecule has 0 N–H and O–H groups in total. The van der Waals surface area contributed by atoms with Gasteiger partial charge in [-0.1, -0.05) is 25.5 Å². The number of fused-ring (bicyclic) bond motifs is 1. The number of morpholine rings is 1. The zero-order chi connectivity index (χ0) is 19.5. The van der Waals surface area contributed by atoms with E-state index in [1.54, 1.807) is 0 Å². The number of rotatable bonds is 6. The van der Waals surface area contributed by atoms with Gasteiger partial charge in [0, 0.05) is 38.5 Å². The van der Waals surface area contributed by atoms with Gasteiger partial charge in [0.05, 0.1) is 24.2 Å². The Labute approximate surface area is 165 Å². The Morgan fingerprint density at radius 2 is 2.04 bits per heavy atom. The van der Waals surface area contributed by atoms with Crippen LogP contribution in [0.3, 0.4) is 0 Å². The van der Waals surface area contributed by atoms with Gasteiger partial charge in [-0.15, -0.1) is 0 Å². The summed E-state index contributed by atoms with van der Waals surface area (Å²) in [6.45, 7) is 6.33. The lowest BCUT2D eigenvalue weighted by Crippen LogP contribution is -2.42. The molecular formula is C21H28N4O3. The normalized spacial score (nSPS) is 20.3. The summed E-state index contributed by atoms with van der Waals surface area (Å²) in [4.78, 5) is 34.0. The lowest BCUT2D eigenvalue weighted by molar-refractivity contribution is -0.135. The van der Waals surface area contributed by atoms with E-state index < -0.39 is 0 Å². The number of unbranched alkanes of at least 4 members (excludes halogenated alkanes) is 1. The number of benzene rings is 1. The molecular weight excluding hydrogens is 356 g/mol. The van der Waals surface area contributed by atoms with Crippen molar-refractivity contribution in [3.8, 4) is 0 Å². The fraction of sp³-hybridized carbons (Fsp3) is 0.571. The highest BCUT2D eigenvalue weighted by molar-refractivity contribution is 5.83. The molecule has 0 radical (unpaired) electrons. The van der Waals surface area contributed by atoms with Gasteiger partial charge in [-0.25, -0.2) is 4.98 Å². The van der Waals surface area contributed by atoms with Crippen molar-refractivity contribution >= 4 is 22.8 Å². The topological polar surface area (TPSA) is 67.7 Å². The largest absolute Gasteiger partial charge is 0.378 e. The molecule has 7 nitrogen and oxygen atoms in total. The molecule has 2 fully saturated rings. The van der Waals surface area contributed by atoms with E-state index in [2.05, 4.69) is 6.92 Å². The summed E-state index contributed by atoms with van der Waals surface area (Å²) in [5, 5.41) is 0. The number of ether oxygens (including phenoxy) is 1. The molecule has 0 saturated carbocycles. The van der Waals surface area contributed by atoms with Crippen LogP contribution in [0.15, 0.2) is 24.3 Å². The Morgan fingerprint density at radius 3 is 2.82 bits per heavy atom. The predicted octanol–water partition coefficient (Wildman–Crippen LogP) is 2.01. The minimum atomic E-state index is 0.0363. The summed E-state index contributed by atoms with van der Waals surface area (Å²) in [6.07, 6.45) is 2.56. The average molecular weight is 384 g/mol. The molecule has 4 rings (SSSR count). The number of imidazole rings is 1. The van der Waals surface area contributed by atoms with Gasteiger partial charge in [0.15, 0.2) is 0 Å². The minimum Gasteiger partial charge on any atom is -0.378 e. The number of amides is 2. The molecule has 0 spiro atoms. The second-order valence-electron chi connectivity index (χ2n) is 7.63. The van der Waals surface area contributed by atoms with Gasteiger partial charge >= 0.3 is 0 Å². The summed E-state index contributed by atoms with van der Waals surface area (Å²) in [5.41, 5.74) is 1.84. The maximum absolute atomic E-state index is 12.9. The SMILES string of the molecule is CCCCN1CC(c2nc3ccccc3n2CC(=O)N2CCOCC2)CC1=O. The number of nitrogens with zero attached hydrogens (tertiary/aromatic N) is 4. The van der Waals surface area contributed by atoms with Crippen LogP contribution in [-0.2, 0) is 20.9 Å². The summed E-state index contributed by atoms with van der Waals surface area (Å²) in [6, 6.07) is 7.90. The van der Waals surface area contributed by atoms with Crippen LogP contribution in [0, 0.1) is 0 Å². The van der Waals surface area contributed by atoms with Crippen LogP contribution in [0.25, 0.3) is 11.0 Å². The minimum absolute atomic E-state index is 0.0363. The third-order valence-electron chi connectivity index (χ3n) is 5.70. The van der Waals surface area contributed by atoms with Crippen LogP contribution >= 0.6 is 0 Å². The average Bonchev–Trinajstić information content (AvgIpc) is 3.27. The Bertz CT molecular complexity index is 856. The number of para-hydroxylation sites is 2. The van der Waals surface area contributed by atoms with E-state index in [-0.39, 0.29) is 24.3 Å². The molecule has 2 amide bonds. The van der Waals surface area contributed by atoms with Crippen molar-refractivity contribution in [2.75, 3.05) is 39.4 Å². The number of hydrogen-bond acceptors (Lipinski definition) is 4. The molecule has 1 unspecified atom stereocenters. The Hall–Kier alpha value is -2.41. The fourth-order valence-electron chi connectivity index (χ4n) is 4.13. The second kappa shape index (κ2) is 8.31. The first-order chi connectivity index (χ1) is 13.7. The van der Waals surface area contributed by atoms with Crippen LogP contribution in [0.2, 0.25) is 0 Å². The summed E-state index contributed by atoms with van der Waals surface area (Å²) >= 11 is 0. The van der Waals surface area contributed by atoms with Crippen LogP contribution in [0.1, 0.15) is 37.9 Å². The molecule has 2 aromatic rings. The molecule has 150 valence electrons. The molecule has 0 bridgehead atoms. The third-order valence-corrected chi connectivity index (χ3v) is 5.70. The van der Waals surface area contributed by atoms with E-state index >= 15 is 0 Å². The van der Waals surface area contributed by atoms with Gasteiger partial charge in [-0.3, -0.25) is 9.59 Å². The number of likely N-dealkylation sites (tertiary alicyclic amines) is 1. The monoisotopic (exact) mass is 384 g/mol. The first-order valence-corrected chi connectivity index (χ1v) is 10.3. The third kappa shape index (κ3) is 3.76.